The molecule has 110 valence electrons. The van der Waals surface area contributed by atoms with Crippen molar-refractivity contribution in [2.75, 3.05) is 13.1 Å². The SMILES string of the molecule is CC[C@@H]1CN(C(C)=O)CC[C@H]1NCc1ccccc1Br. The van der Waals surface area contributed by atoms with Gasteiger partial charge in [0.15, 0.2) is 0 Å². The zero-order chi connectivity index (χ0) is 14.5. The fourth-order valence-electron chi connectivity index (χ4n) is 2.88. The number of halogens is 1. The molecule has 1 N–H and O–H groups in total. The Morgan fingerprint density at radius 3 is 2.85 bits per heavy atom. The molecule has 2 atom stereocenters. The number of nitrogens with zero attached hydrogens (tertiary/aromatic N) is 1. The average molecular weight is 339 g/mol. The van der Waals surface area contributed by atoms with Crippen LogP contribution in [0.1, 0.15) is 32.3 Å². The molecule has 1 saturated heterocycles. The fraction of sp³-hybridized carbons (Fsp3) is 0.562. The monoisotopic (exact) mass is 338 g/mol. The number of carbonyl (C=O) groups excluding carboxylic acids is 1. The van der Waals surface area contributed by atoms with Crippen LogP contribution >= 0.6 is 15.9 Å². The second-order valence-electron chi connectivity index (χ2n) is 5.50. The molecule has 1 fully saturated rings. The molecule has 3 nitrogen and oxygen atoms in total. The van der Waals surface area contributed by atoms with E-state index >= 15 is 0 Å². The summed E-state index contributed by atoms with van der Waals surface area (Å²) in [5.74, 6) is 0.753. The lowest BCUT2D eigenvalue weighted by Crippen LogP contribution is -2.50. The Kier molecular flexibility index (Phi) is 5.61. The molecule has 0 aliphatic carbocycles. The van der Waals surface area contributed by atoms with Crippen LogP contribution in [0, 0.1) is 5.92 Å². The van der Waals surface area contributed by atoms with Crippen molar-refractivity contribution in [2.45, 2.75) is 39.3 Å². The maximum Gasteiger partial charge on any atom is 0.219 e. The van der Waals surface area contributed by atoms with Crippen LogP contribution in [0.3, 0.4) is 0 Å². The molecule has 1 amide bonds. The molecule has 0 radical (unpaired) electrons. The number of benzene rings is 1. The minimum Gasteiger partial charge on any atom is -0.343 e. The van der Waals surface area contributed by atoms with Crippen LogP contribution in [0.15, 0.2) is 28.7 Å². The summed E-state index contributed by atoms with van der Waals surface area (Å²) < 4.78 is 1.15. The van der Waals surface area contributed by atoms with Gasteiger partial charge < -0.3 is 10.2 Å². The van der Waals surface area contributed by atoms with Crippen molar-refractivity contribution >= 4 is 21.8 Å². The second kappa shape index (κ2) is 7.23. The van der Waals surface area contributed by atoms with E-state index < -0.39 is 0 Å². The van der Waals surface area contributed by atoms with Crippen molar-refractivity contribution in [3.63, 3.8) is 0 Å². The molecule has 20 heavy (non-hydrogen) atoms. The topological polar surface area (TPSA) is 32.3 Å². The summed E-state index contributed by atoms with van der Waals surface area (Å²) in [5, 5.41) is 3.67. The molecular weight excluding hydrogens is 316 g/mol. The average Bonchev–Trinajstić information content (AvgIpc) is 2.46. The number of hydrogen-bond acceptors (Lipinski definition) is 2. The number of hydrogen-bond donors (Lipinski definition) is 1. The predicted molar refractivity (Wildman–Crippen MR) is 85.4 cm³/mol. The molecular formula is C16H23BrN2O. The van der Waals surface area contributed by atoms with Gasteiger partial charge in [0.1, 0.15) is 0 Å². The molecule has 4 heteroatoms. The quantitative estimate of drug-likeness (QED) is 0.914. The lowest BCUT2D eigenvalue weighted by Gasteiger charge is -2.38. The summed E-state index contributed by atoms with van der Waals surface area (Å²) >= 11 is 3.59. The minimum absolute atomic E-state index is 0.202. The molecule has 1 aliphatic rings. The van der Waals surface area contributed by atoms with Gasteiger partial charge in [0.25, 0.3) is 0 Å². The summed E-state index contributed by atoms with van der Waals surface area (Å²) in [7, 11) is 0. The Hall–Kier alpha value is -0.870. The van der Waals surface area contributed by atoms with E-state index in [0.29, 0.717) is 12.0 Å². The highest BCUT2D eigenvalue weighted by atomic mass is 79.9. The summed E-state index contributed by atoms with van der Waals surface area (Å²) in [6, 6.07) is 8.82. The smallest absolute Gasteiger partial charge is 0.219 e. The zero-order valence-electron chi connectivity index (χ0n) is 12.2. The van der Waals surface area contributed by atoms with Gasteiger partial charge in [-0.2, -0.15) is 0 Å². The van der Waals surface area contributed by atoms with Crippen molar-refractivity contribution < 1.29 is 4.79 Å². The summed E-state index contributed by atoms with van der Waals surface area (Å²) in [6.07, 6.45) is 2.15. The van der Waals surface area contributed by atoms with Gasteiger partial charge in [-0.05, 0) is 24.0 Å². The van der Waals surface area contributed by atoms with Gasteiger partial charge in [0.05, 0.1) is 0 Å². The van der Waals surface area contributed by atoms with Crippen LogP contribution in [0.25, 0.3) is 0 Å². The van der Waals surface area contributed by atoms with Crippen LogP contribution < -0.4 is 5.32 Å². The standard InChI is InChI=1S/C16H23BrN2O/c1-3-13-11-19(12(2)20)9-8-16(13)18-10-14-6-4-5-7-15(14)17/h4-7,13,16,18H,3,8-11H2,1-2H3/t13-,16-/m1/s1. The van der Waals surface area contributed by atoms with Crippen LogP contribution in [0.2, 0.25) is 0 Å². The molecule has 1 aromatic carbocycles. The van der Waals surface area contributed by atoms with E-state index in [4.69, 9.17) is 0 Å². The first-order valence-corrected chi connectivity index (χ1v) is 8.13. The highest BCUT2D eigenvalue weighted by molar-refractivity contribution is 9.10. The van der Waals surface area contributed by atoms with Crippen molar-refractivity contribution in [3.05, 3.63) is 34.3 Å². The molecule has 0 aromatic heterocycles. The number of piperidine rings is 1. The first-order chi connectivity index (χ1) is 9.61. The van der Waals surface area contributed by atoms with E-state index in [1.165, 1.54) is 5.56 Å². The molecule has 1 aliphatic heterocycles. The van der Waals surface area contributed by atoms with Crippen LogP contribution in [-0.4, -0.2) is 29.9 Å². The normalized spacial score (nSPS) is 22.9. The maximum absolute atomic E-state index is 11.5. The van der Waals surface area contributed by atoms with Crippen molar-refractivity contribution in [3.8, 4) is 0 Å². The molecule has 0 saturated carbocycles. The molecule has 0 bridgehead atoms. The number of rotatable bonds is 4. The third-order valence-electron chi connectivity index (χ3n) is 4.22. The number of nitrogens with one attached hydrogen (secondary N) is 1. The van der Waals surface area contributed by atoms with Gasteiger partial charge in [-0.25, -0.2) is 0 Å². The first-order valence-electron chi connectivity index (χ1n) is 7.34. The molecule has 0 spiro atoms. The third-order valence-corrected chi connectivity index (χ3v) is 4.99. The van der Waals surface area contributed by atoms with Crippen molar-refractivity contribution in [1.82, 2.24) is 10.2 Å². The Morgan fingerprint density at radius 1 is 1.45 bits per heavy atom. The molecule has 1 aromatic rings. The Labute approximate surface area is 129 Å². The third kappa shape index (κ3) is 3.83. The minimum atomic E-state index is 0.202. The molecule has 1 heterocycles. The number of amides is 1. The summed E-state index contributed by atoms with van der Waals surface area (Å²) in [6.45, 7) is 6.52. The number of likely N-dealkylation sites (tertiary alicyclic amines) is 1. The van der Waals surface area contributed by atoms with Gasteiger partial charge >= 0.3 is 0 Å². The van der Waals surface area contributed by atoms with Gasteiger partial charge in [-0.1, -0.05) is 47.5 Å². The van der Waals surface area contributed by atoms with E-state index in [2.05, 4.69) is 46.4 Å². The van der Waals surface area contributed by atoms with E-state index in [1.807, 2.05) is 11.0 Å². The summed E-state index contributed by atoms with van der Waals surface area (Å²) in [5.41, 5.74) is 1.29. The van der Waals surface area contributed by atoms with E-state index in [0.717, 1.165) is 36.9 Å². The Morgan fingerprint density at radius 2 is 2.20 bits per heavy atom. The highest BCUT2D eigenvalue weighted by Gasteiger charge is 2.28. The fourth-order valence-corrected chi connectivity index (χ4v) is 3.31. The lowest BCUT2D eigenvalue weighted by atomic mass is 9.89. The lowest BCUT2D eigenvalue weighted by molar-refractivity contribution is -0.131. The van der Waals surface area contributed by atoms with Gasteiger partial charge in [-0.3, -0.25) is 4.79 Å². The van der Waals surface area contributed by atoms with Crippen LogP contribution in [0.4, 0.5) is 0 Å². The molecule has 2 rings (SSSR count). The Bertz CT molecular complexity index is 464. The van der Waals surface area contributed by atoms with Crippen molar-refractivity contribution in [2.24, 2.45) is 5.92 Å². The second-order valence-corrected chi connectivity index (χ2v) is 6.36. The van der Waals surface area contributed by atoms with Gasteiger partial charge in [0, 0.05) is 37.1 Å². The number of carbonyl (C=O) groups is 1. The first kappa shape index (κ1) is 15.5. The van der Waals surface area contributed by atoms with E-state index in [1.54, 1.807) is 6.92 Å². The van der Waals surface area contributed by atoms with Crippen molar-refractivity contribution in [1.29, 1.82) is 0 Å². The molecule has 0 unspecified atom stereocenters. The van der Waals surface area contributed by atoms with E-state index in [9.17, 15) is 4.79 Å². The van der Waals surface area contributed by atoms with Crippen LogP contribution in [0.5, 0.6) is 0 Å². The Balaban J connectivity index is 1.92. The van der Waals surface area contributed by atoms with E-state index in [-0.39, 0.29) is 5.91 Å². The van der Waals surface area contributed by atoms with Gasteiger partial charge in [-0.15, -0.1) is 0 Å². The maximum atomic E-state index is 11.5. The highest BCUT2D eigenvalue weighted by Crippen LogP contribution is 2.22. The predicted octanol–water partition coefficient (Wildman–Crippen LogP) is 3.19. The summed E-state index contributed by atoms with van der Waals surface area (Å²) in [4.78, 5) is 13.5. The largest absolute Gasteiger partial charge is 0.343 e. The van der Waals surface area contributed by atoms with Crippen LogP contribution in [-0.2, 0) is 11.3 Å². The zero-order valence-corrected chi connectivity index (χ0v) is 13.8. The van der Waals surface area contributed by atoms with Gasteiger partial charge in [0.2, 0.25) is 5.91 Å².